The van der Waals surface area contributed by atoms with Crippen LogP contribution in [-0.2, 0) is 0 Å². The molecule has 1 heterocycles. The predicted octanol–water partition coefficient (Wildman–Crippen LogP) is 1.76. The van der Waals surface area contributed by atoms with Gasteiger partial charge in [0.2, 0.25) is 0 Å². The van der Waals surface area contributed by atoms with Gasteiger partial charge in [-0.1, -0.05) is 6.07 Å². The third-order valence-electron chi connectivity index (χ3n) is 2.64. The molecule has 1 aromatic carbocycles. The van der Waals surface area contributed by atoms with Crippen LogP contribution in [0.4, 0.5) is 14.5 Å². The first kappa shape index (κ1) is 10.4. The summed E-state index contributed by atoms with van der Waals surface area (Å²) in [6.07, 6.45) is 0. The third kappa shape index (κ3) is 2.09. The largest absolute Gasteiger partial charge is 0.366 e. The molecule has 0 bridgehead atoms. The number of piperazine rings is 1. The van der Waals surface area contributed by atoms with E-state index in [0.717, 1.165) is 12.6 Å². The Morgan fingerprint density at radius 1 is 1.40 bits per heavy atom. The highest BCUT2D eigenvalue weighted by Crippen LogP contribution is 2.22. The average molecular weight is 212 g/mol. The molecule has 1 aromatic rings. The molecule has 0 radical (unpaired) electrons. The molecule has 2 rings (SSSR count). The van der Waals surface area contributed by atoms with Crippen molar-refractivity contribution in [3.8, 4) is 0 Å². The van der Waals surface area contributed by atoms with E-state index in [4.69, 9.17) is 0 Å². The minimum absolute atomic E-state index is 0.307. The molecule has 0 aliphatic carbocycles. The molecule has 1 aliphatic heterocycles. The Bertz CT molecular complexity index is 354. The minimum atomic E-state index is -0.779. The second kappa shape index (κ2) is 4.14. The zero-order valence-corrected chi connectivity index (χ0v) is 8.63. The zero-order chi connectivity index (χ0) is 10.8. The molecule has 82 valence electrons. The summed E-state index contributed by atoms with van der Waals surface area (Å²) in [5, 5.41) is 3.26. The standard InChI is InChI=1S/C11H14F2N2/c1-8-7-15(6-5-14-8)10-4-2-3-9(12)11(10)13/h2-4,8,14H,5-7H2,1H3. The summed E-state index contributed by atoms with van der Waals surface area (Å²) in [5.74, 6) is -1.52. The second-order valence-corrected chi connectivity index (χ2v) is 3.87. The molecule has 1 N–H and O–H groups in total. The van der Waals surface area contributed by atoms with Crippen LogP contribution in [0.2, 0.25) is 0 Å². The van der Waals surface area contributed by atoms with Crippen LogP contribution < -0.4 is 10.2 Å². The van der Waals surface area contributed by atoms with E-state index >= 15 is 0 Å². The van der Waals surface area contributed by atoms with Crippen molar-refractivity contribution in [3.05, 3.63) is 29.8 Å². The van der Waals surface area contributed by atoms with E-state index in [2.05, 4.69) is 5.32 Å². The fourth-order valence-corrected chi connectivity index (χ4v) is 1.89. The van der Waals surface area contributed by atoms with Gasteiger partial charge in [-0.2, -0.15) is 0 Å². The molecular formula is C11H14F2N2. The van der Waals surface area contributed by atoms with Crippen molar-refractivity contribution < 1.29 is 8.78 Å². The van der Waals surface area contributed by atoms with Crippen molar-refractivity contribution in [2.45, 2.75) is 13.0 Å². The molecule has 0 saturated carbocycles. The lowest BCUT2D eigenvalue weighted by atomic mass is 10.2. The van der Waals surface area contributed by atoms with Crippen molar-refractivity contribution >= 4 is 5.69 Å². The van der Waals surface area contributed by atoms with E-state index in [1.54, 1.807) is 12.1 Å². The van der Waals surface area contributed by atoms with Crippen molar-refractivity contribution in [1.29, 1.82) is 0 Å². The first-order valence-electron chi connectivity index (χ1n) is 5.11. The van der Waals surface area contributed by atoms with Gasteiger partial charge in [-0.05, 0) is 19.1 Å². The normalized spacial score (nSPS) is 21.8. The van der Waals surface area contributed by atoms with Crippen LogP contribution in [0.15, 0.2) is 18.2 Å². The van der Waals surface area contributed by atoms with Crippen LogP contribution in [0.1, 0.15) is 6.92 Å². The van der Waals surface area contributed by atoms with E-state index in [9.17, 15) is 8.78 Å². The molecule has 1 saturated heterocycles. The van der Waals surface area contributed by atoms with E-state index in [0.29, 0.717) is 24.8 Å². The Morgan fingerprint density at radius 2 is 2.20 bits per heavy atom. The Balaban J connectivity index is 2.24. The van der Waals surface area contributed by atoms with Gasteiger partial charge >= 0.3 is 0 Å². The van der Waals surface area contributed by atoms with Gasteiger partial charge < -0.3 is 10.2 Å². The van der Waals surface area contributed by atoms with Gasteiger partial charge in [0.1, 0.15) is 0 Å². The monoisotopic (exact) mass is 212 g/mol. The molecule has 0 spiro atoms. The lowest BCUT2D eigenvalue weighted by Gasteiger charge is -2.33. The van der Waals surface area contributed by atoms with Crippen molar-refractivity contribution in [2.24, 2.45) is 0 Å². The van der Waals surface area contributed by atoms with Gasteiger partial charge in [0, 0.05) is 25.7 Å². The Morgan fingerprint density at radius 3 is 2.93 bits per heavy atom. The summed E-state index contributed by atoms with van der Waals surface area (Å²) in [6.45, 7) is 4.26. The summed E-state index contributed by atoms with van der Waals surface area (Å²) in [7, 11) is 0. The van der Waals surface area contributed by atoms with Crippen LogP contribution >= 0.6 is 0 Å². The number of anilines is 1. The minimum Gasteiger partial charge on any atom is -0.366 e. The topological polar surface area (TPSA) is 15.3 Å². The number of benzene rings is 1. The Kier molecular flexibility index (Phi) is 2.86. The fraction of sp³-hybridized carbons (Fsp3) is 0.455. The lowest BCUT2D eigenvalue weighted by Crippen LogP contribution is -2.49. The molecule has 1 fully saturated rings. The highest BCUT2D eigenvalue weighted by molar-refractivity contribution is 5.48. The first-order valence-corrected chi connectivity index (χ1v) is 5.11. The predicted molar refractivity (Wildman–Crippen MR) is 56.0 cm³/mol. The van der Waals surface area contributed by atoms with E-state index in [1.807, 2.05) is 11.8 Å². The van der Waals surface area contributed by atoms with Gasteiger partial charge in [-0.3, -0.25) is 0 Å². The highest BCUT2D eigenvalue weighted by atomic mass is 19.2. The van der Waals surface area contributed by atoms with E-state index in [1.165, 1.54) is 0 Å². The van der Waals surface area contributed by atoms with Crippen LogP contribution in [-0.4, -0.2) is 25.7 Å². The van der Waals surface area contributed by atoms with Gasteiger partial charge in [0.05, 0.1) is 5.69 Å². The number of rotatable bonds is 1. The Hall–Kier alpha value is -1.16. The number of halogens is 2. The number of hydrogen-bond donors (Lipinski definition) is 1. The second-order valence-electron chi connectivity index (χ2n) is 3.87. The van der Waals surface area contributed by atoms with Crippen LogP contribution in [0.5, 0.6) is 0 Å². The van der Waals surface area contributed by atoms with Crippen molar-refractivity contribution in [3.63, 3.8) is 0 Å². The number of hydrogen-bond acceptors (Lipinski definition) is 2. The molecule has 1 aliphatic rings. The first-order chi connectivity index (χ1) is 7.18. The average Bonchev–Trinajstić information content (AvgIpc) is 2.22. The summed E-state index contributed by atoms with van der Waals surface area (Å²) in [5.41, 5.74) is 0.364. The molecular weight excluding hydrogens is 198 g/mol. The quantitative estimate of drug-likeness (QED) is 0.763. The maximum absolute atomic E-state index is 13.5. The number of nitrogens with zero attached hydrogens (tertiary/aromatic N) is 1. The van der Waals surface area contributed by atoms with Crippen molar-refractivity contribution in [2.75, 3.05) is 24.5 Å². The van der Waals surface area contributed by atoms with Crippen molar-refractivity contribution in [1.82, 2.24) is 5.32 Å². The highest BCUT2D eigenvalue weighted by Gasteiger charge is 2.19. The summed E-state index contributed by atoms with van der Waals surface area (Å²) in [6, 6.07) is 4.61. The third-order valence-corrected chi connectivity index (χ3v) is 2.64. The van der Waals surface area contributed by atoms with Crippen LogP contribution in [0.25, 0.3) is 0 Å². The lowest BCUT2D eigenvalue weighted by molar-refractivity contribution is 0.467. The molecule has 1 unspecified atom stereocenters. The Labute approximate surface area is 87.9 Å². The van der Waals surface area contributed by atoms with Gasteiger partial charge in [-0.25, -0.2) is 8.78 Å². The summed E-state index contributed by atoms with van der Waals surface area (Å²) in [4.78, 5) is 1.87. The van der Waals surface area contributed by atoms with Gasteiger partial charge in [-0.15, -0.1) is 0 Å². The fourth-order valence-electron chi connectivity index (χ4n) is 1.89. The van der Waals surface area contributed by atoms with Crippen LogP contribution in [0.3, 0.4) is 0 Å². The van der Waals surface area contributed by atoms with Gasteiger partial charge in [0.15, 0.2) is 11.6 Å². The molecule has 15 heavy (non-hydrogen) atoms. The van der Waals surface area contributed by atoms with Gasteiger partial charge in [0.25, 0.3) is 0 Å². The summed E-state index contributed by atoms with van der Waals surface area (Å²) >= 11 is 0. The molecule has 0 aromatic heterocycles. The van der Waals surface area contributed by atoms with Crippen LogP contribution in [0, 0.1) is 11.6 Å². The SMILES string of the molecule is CC1CN(c2cccc(F)c2F)CCN1. The number of nitrogens with one attached hydrogen (secondary N) is 1. The zero-order valence-electron chi connectivity index (χ0n) is 8.63. The van der Waals surface area contributed by atoms with E-state index < -0.39 is 11.6 Å². The molecule has 2 nitrogen and oxygen atoms in total. The summed E-state index contributed by atoms with van der Waals surface area (Å²) < 4.78 is 26.5. The molecule has 4 heteroatoms. The smallest absolute Gasteiger partial charge is 0.182 e. The maximum Gasteiger partial charge on any atom is 0.182 e. The van der Waals surface area contributed by atoms with E-state index in [-0.39, 0.29) is 0 Å². The molecule has 1 atom stereocenters. The molecule has 0 amide bonds. The maximum atomic E-state index is 13.5.